The summed E-state index contributed by atoms with van der Waals surface area (Å²) in [4.78, 5) is 53.3. The number of carbonyl (C=O) groups is 4. The molecular formula is C30H30N6O7. The van der Waals surface area contributed by atoms with Crippen LogP contribution < -0.4 is 22.5 Å². The number of hydrogen-bond donors (Lipinski definition) is 7. The average molecular weight is 587 g/mol. The van der Waals surface area contributed by atoms with Crippen LogP contribution in [0.25, 0.3) is 16.9 Å². The van der Waals surface area contributed by atoms with E-state index in [0.29, 0.717) is 22.4 Å². The van der Waals surface area contributed by atoms with E-state index in [1.807, 2.05) is 0 Å². The molecule has 0 bridgehead atoms. The number of anilines is 1. The van der Waals surface area contributed by atoms with E-state index in [2.05, 4.69) is 5.32 Å². The van der Waals surface area contributed by atoms with Gasteiger partial charge in [0.25, 0.3) is 5.91 Å². The molecule has 43 heavy (non-hydrogen) atoms. The Kier molecular flexibility index (Phi) is 6.51. The number of amides is 2. The molecule has 3 aliphatic carbocycles. The largest absolute Gasteiger partial charge is 0.509 e. The quantitative estimate of drug-likeness (QED) is 0.243. The lowest BCUT2D eigenvalue weighted by Crippen LogP contribution is -2.80. The Hall–Kier alpha value is -5.03. The molecule has 4 atom stereocenters. The van der Waals surface area contributed by atoms with Gasteiger partial charge in [0.15, 0.2) is 17.0 Å². The van der Waals surface area contributed by atoms with Crippen molar-refractivity contribution in [2.45, 2.75) is 36.9 Å². The zero-order chi connectivity index (χ0) is 31.8. The van der Waals surface area contributed by atoms with E-state index in [0.717, 1.165) is 0 Å². The van der Waals surface area contributed by atoms with E-state index in [1.165, 1.54) is 32.0 Å². The second-order valence-corrected chi connectivity index (χ2v) is 11.5. The Bertz CT molecular complexity index is 1770. The lowest BCUT2D eigenvalue weighted by Gasteiger charge is -2.58. The van der Waals surface area contributed by atoms with Crippen molar-refractivity contribution in [3.8, 4) is 22.9 Å². The third-order valence-electron chi connectivity index (χ3n) is 8.63. The molecule has 3 aliphatic rings. The van der Waals surface area contributed by atoms with Gasteiger partial charge in [-0.25, -0.2) is 0 Å². The number of rotatable bonds is 4. The first-order chi connectivity index (χ1) is 20.1. The standard InChI is InChI=1S/C30H30N6O7/c1-13(37)35-15-6-4-5-14(9-15)16-7-8-18(38)19-17(16)10-28(33)11-30(34)24(36(2)3)23(40)20(27(32)43)25(41)29(30,12-31)26(42)21(28)22(19)39/h4-9,24,38-39,41H,10-11,33-34H2,1-3H3,(H2,32,43)(H,35,37)/t24-,28-,29+,30-/m1/s1. The van der Waals surface area contributed by atoms with Crippen molar-refractivity contribution in [1.82, 2.24) is 4.90 Å². The summed E-state index contributed by atoms with van der Waals surface area (Å²) in [7, 11) is 2.90. The van der Waals surface area contributed by atoms with E-state index in [1.54, 1.807) is 36.4 Å². The Morgan fingerprint density at radius 3 is 2.37 bits per heavy atom. The molecule has 0 heterocycles. The van der Waals surface area contributed by atoms with Gasteiger partial charge in [-0.3, -0.25) is 24.1 Å². The summed E-state index contributed by atoms with van der Waals surface area (Å²) in [6.45, 7) is 1.36. The average Bonchev–Trinajstić information content (AvgIpc) is 2.87. The molecule has 5 rings (SSSR count). The fourth-order valence-electron chi connectivity index (χ4n) is 7.07. The molecule has 10 N–H and O–H groups in total. The highest BCUT2D eigenvalue weighted by atomic mass is 16.3. The third kappa shape index (κ3) is 3.81. The van der Waals surface area contributed by atoms with Crippen LogP contribution in [-0.4, -0.2) is 74.8 Å². The van der Waals surface area contributed by atoms with Gasteiger partial charge in [-0.2, -0.15) is 5.26 Å². The van der Waals surface area contributed by atoms with Crippen LogP contribution in [0.5, 0.6) is 5.75 Å². The summed E-state index contributed by atoms with van der Waals surface area (Å²) < 4.78 is 0. The minimum atomic E-state index is -2.73. The molecule has 2 amide bonds. The number of nitrogens with one attached hydrogen (secondary N) is 1. The van der Waals surface area contributed by atoms with Gasteiger partial charge in [-0.1, -0.05) is 18.2 Å². The molecule has 1 fully saturated rings. The molecule has 2 aromatic rings. The van der Waals surface area contributed by atoms with Gasteiger partial charge in [0.05, 0.1) is 34.3 Å². The number of carbonyl (C=O) groups excluding carboxylic acids is 4. The highest BCUT2D eigenvalue weighted by molar-refractivity contribution is 6.25. The van der Waals surface area contributed by atoms with Crippen LogP contribution in [0, 0.1) is 16.7 Å². The maximum absolute atomic E-state index is 14.4. The van der Waals surface area contributed by atoms with Crippen LogP contribution in [0.2, 0.25) is 0 Å². The number of ketones is 2. The molecule has 1 saturated carbocycles. The molecule has 0 unspecified atom stereocenters. The Morgan fingerprint density at radius 2 is 1.79 bits per heavy atom. The lowest BCUT2D eigenvalue weighted by molar-refractivity contribution is -0.139. The van der Waals surface area contributed by atoms with Crippen LogP contribution in [0.4, 0.5) is 5.69 Å². The maximum Gasteiger partial charge on any atom is 0.255 e. The number of phenolic OH excluding ortho intramolecular Hbond substituents is 1. The molecule has 0 spiro atoms. The van der Waals surface area contributed by atoms with Crippen molar-refractivity contribution in [3.05, 3.63) is 64.4 Å². The van der Waals surface area contributed by atoms with Gasteiger partial charge in [0.1, 0.15) is 22.8 Å². The third-order valence-corrected chi connectivity index (χ3v) is 8.63. The predicted octanol–water partition coefficient (Wildman–Crippen LogP) is 0.531. The van der Waals surface area contributed by atoms with Crippen molar-refractivity contribution >= 4 is 34.8 Å². The summed E-state index contributed by atoms with van der Waals surface area (Å²) in [6.07, 6.45) is -0.673. The molecule has 13 heteroatoms. The first kappa shape index (κ1) is 29.5. The van der Waals surface area contributed by atoms with Crippen LogP contribution in [-0.2, 0) is 25.6 Å². The van der Waals surface area contributed by atoms with Gasteiger partial charge in [0.2, 0.25) is 5.91 Å². The Morgan fingerprint density at radius 1 is 1.12 bits per heavy atom. The minimum Gasteiger partial charge on any atom is -0.509 e. The summed E-state index contributed by atoms with van der Waals surface area (Å²) >= 11 is 0. The van der Waals surface area contributed by atoms with Gasteiger partial charge in [0, 0.05) is 12.6 Å². The zero-order valence-corrected chi connectivity index (χ0v) is 23.6. The van der Waals surface area contributed by atoms with E-state index in [4.69, 9.17) is 17.2 Å². The molecule has 0 aromatic heterocycles. The van der Waals surface area contributed by atoms with Crippen molar-refractivity contribution in [2.24, 2.45) is 22.6 Å². The normalized spacial score (nSPS) is 28.2. The second kappa shape index (κ2) is 9.50. The summed E-state index contributed by atoms with van der Waals surface area (Å²) in [6, 6.07) is 9.95. The van der Waals surface area contributed by atoms with E-state index in [9.17, 15) is 39.8 Å². The predicted molar refractivity (Wildman–Crippen MR) is 154 cm³/mol. The fourth-order valence-corrected chi connectivity index (χ4v) is 7.07. The first-order valence-electron chi connectivity index (χ1n) is 13.2. The summed E-state index contributed by atoms with van der Waals surface area (Å²) in [5, 5.41) is 47.0. The molecular weight excluding hydrogens is 556 g/mol. The van der Waals surface area contributed by atoms with Gasteiger partial charge >= 0.3 is 0 Å². The van der Waals surface area contributed by atoms with Gasteiger partial charge in [-0.05, 0) is 61.8 Å². The smallest absolute Gasteiger partial charge is 0.255 e. The number of aromatic hydroxyl groups is 1. The first-order valence-corrected chi connectivity index (χ1v) is 13.2. The Balaban J connectivity index is 1.82. The van der Waals surface area contributed by atoms with E-state index >= 15 is 0 Å². The number of hydrogen-bond acceptors (Lipinski definition) is 11. The number of phenols is 1. The molecule has 13 nitrogen and oxygen atoms in total. The number of nitrogens with two attached hydrogens (primary N) is 3. The summed E-state index contributed by atoms with van der Waals surface area (Å²) in [5.74, 6) is -6.20. The molecule has 0 aliphatic heterocycles. The number of benzene rings is 2. The van der Waals surface area contributed by atoms with Crippen LogP contribution in [0.1, 0.15) is 24.5 Å². The van der Waals surface area contributed by atoms with Gasteiger partial charge in [-0.15, -0.1) is 0 Å². The monoisotopic (exact) mass is 586 g/mol. The van der Waals surface area contributed by atoms with Crippen molar-refractivity contribution in [1.29, 1.82) is 5.26 Å². The number of likely N-dealkylation sites (N-methyl/N-ethyl adjacent to an activating group) is 1. The zero-order valence-electron chi connectivity index (χ0n) is 23.6. The summed E-state index contributed by atoms with van der Waals surface area (Å²) in [5.41, 5.74) is 12.8. The number of nitrogens with zero attached hydrogens (tertiary/aromatic N) is 2. The number of primary amides is 1. The molecule has 0 radical (unpaired) electrons. The van der Waals surface area contributed by atoms with Crippen molar-refractivity contribution in [3.63, 3.8) is 0 Å². The number of fused-ring (bicyclic) bond motifs is 3. The number of nitriles is 1. The fraction of sp³-hybridized carbons (Fsp3) is 0.300. The molecule has 222 valence electrons. The SMILES string of the molecule is CC(=O)Nc1cccc(-c2ccc(O)c3c2C[C@@]2(N)C[C@@]4(N)[C@H](N(C)C)C(=O)C(C(N)=O)=C(O)[C@@]4(C#N)C(=O)C2=C3O)c1. The topological polar surface area (TPSA) is 246 Å². The molecule has 2 aromatic carbocycles. The molecule has 0 saturated heterocycles. The number of aliphatic hydroxyl groups excluding tert-OH is 2. The van der Waals surface area contributed by atoms with E-state index < -0.39 is 74.8 Å². The Labute approximate surface area is 245 Å². The van der Waals surface area contributed by atoms with Crippen LogP contribution in [0.15, 0.2) is 53.3 Å². The number of Topliss-reactive ketones (excluding diaryl/α,β-unsaturated/α-hetero) is 2. The highest BCUT2D eigenvalue weighted by Gasteiger charge is 2.74. The highest BCUT2D eigenvalue weighted by Crippen LogP contribution is 2.58. The van der Waals surface area contributed by atoms with Crippen molar-refractivity contribution < 1.29 is 34.5 Å². The minimum absolute atomic E-state index is 0.126. The maximum atomic E-state index is 14.4. The second-order valence-electron chi connectivity index (χ2n) is 11.5. The lowest BCUT2D eigenvalue weighted by atomic mass is 9.47. The number of aliphatic hydroxyl groups is 2. The van der Waals surface area contributed by atoms with Crippen molar-refractivity contribution in [2.75, 3.05) is 19.4 Å². The van der Waals surface area contributed by atoms with Crippen LogP contribution in [0.3, 0.4) is 0 Å². The van der Waals surface area contributed by atoms with Gasteiger partial charge < -0.3 is 37.8 Å². The van der Waals surface area contributed by atoms with E-state index in [-0.39, 0.29) is 17.9 Å². The van der Waals surface area contributed by atoms with Crippen LogP contribution >= 0.6 is 0 Å².